The molecule has 9 nitrogen and oxygen atoms in total. The minimum atomic E-state index is -4.63. The molecule has 2 aromatic carbocycles. The van der Waals surface area contributed by atoms with Crippen molar-refractivity contribution >= 4 is 23.0 Å². The molecular formula is C28H33F3N6O3. The number of methoxy groups -OCH3 is 2. The lowest BCUT2D eigenvalue weighted by atomic mass is 10.1. The molecular weight excluding hydrogens is 525 g/mol. The summed E-state index contributed by atoms with van der Waals surface area (Å²) in [5.74, 6) is 6.25. The lowest BCUT2D eigenvalue weighted by Gasteiger charge is -2.20. The first-order chi connectivity index (χ1) is 18.8. The van der Waals surface area contributed by atoms with Crippen LogP contribution in [0.25, 0.3) is 5.70 Å². The number of ether oxygens (including phenoxy) is 2. The Hall–Kier alpha value is -4.29. The third kappa shape index (κ3) is 7.42. The Morgan fingerprint density at radius 1 is 1.10 bits per heavy atom. The van der Waals surface area contributed by atoms with Gasteiger partial charge in [0, 0.05) is 41.7 Å². The number of halogens is 3. The maximum atomic E-state index is 13.7. The van der Waals surface area contributed by atoms with Gasteiger partial charge < -0.3 is 25.8 Å². The lowest BCUT2D eigenvalue weighted by molar-refractivity contribution is -0.137. The van der Waals surface area contributed by atoms with Crippen molar-refractivity contribution in [2.24, 2.45) is 11.6 Å². The van der Waals surface area contributed by atoms with Crippen LogP contribution in [0.5, 0.6) is 11.5 Å². The predicted octanol–water partition coefficient (Wildman–Crippen LogP) is 4.81. The number of rotatable bonds is 10. The molecule has 1 heterocycles. The molecule has 1 amide bonds. The van der Waals surface area contributed by atoms with Gasteiger partial charge in [-0.1, -0.05) is 19.9 Å². The summed E-state index contributed by atoms with van der Waals surface area (Å²) in [7, 11) is 2.84. The molecule has 0 atom stereocenters. The zero-order valence-corrected chi connectivity index (χ0v) is 22.9. The molecule has 0 aliphatic heterocycles. The number of aromatic nitrogens is 1. The molecule has 1 aromatic heterocycles. The second-order valence-electron chi connectivity index (χ2n) is 9.31. The van der Waals surface area contributed by atoms with Gasteiger partial charge in [-0.2, -0.15) is 13.2 Å². The number of nitrogens with two attached hydrogens (primary N) is 2. The third-order valence-electron chi connectivity index (χ3n) is 5.96. The molecule has 0 radical (unpaired) electrons. The van der Waals surface area contributed by atoms with Crippen molar-refractivity contribution in [3.05, 3.63) is 82.8 Å². The fraction of sp³-hybridized carbons (Fsp3) is 0.286. The summed E-state index contributed by atoms with van der Waals surface area (Å²) in [6.07, 6.45) is -0.0804. The van der Waals surface area contributed by atoms with Crippen LogP contribution >= 0.6 is 0 Å². The van der Waals surface area contributed by atoms with E-state index in [1.165, 1.54) is 37.7 Å². The van der Waals surface area contributed by atoms with E-state index in [1.807, 2.05) is 13.8 Å². The summed E-state index contributed by atoms with van der Waals surface area (Å²) >= 11 is 0. The average molecular weight is 559 g/mol. The fourth-order valence-corrected chi connectivity index (χ4v) is 3.84. The minimum Gasteiger partial charge on any atom is -0.495 e. The molecule has 3 rings (SSSR count). The highest BCUT2D eigenvalue weighted by molar-refractivity contribution is 6.06. The van der Waals surface area contributed by atoms with Gasteiger partial charge in [0.15, 0.2) is 0 Å². The number of nitrogens with one attached hydrogen (secondary N) is 2. The molecule has 0 unspecified atom stereocenters. The molecule has 0 aliphatic rings. The predicted molar refractivity (Wildman–Crippen MR) is 149 cm³/mol. The van der Waals surface area contributed by atoms with Crippen molar-refractivity contribution in [3.8, 4) is 11.5 Å². The quantitative estimate of drug-likeness (QED) is 0.206. The summed E-state index contributed by atoms with van der Waals surface area (Å²) in [5.41, 5.74) is 7.64. The van der Waals surface area contributed by atoms with Gasteiger partial charge in [0.2, 0.25) is 0 Å². The number of amides is 1. The first-order valence-electron chi connectivity index (χ1n) is 12.3. The van der Waals surface area contributed by atoms with E-state index in [4.69, 9.17) is 21.1 Å². The van der Waals surface area contributed by atoms with Gasteiger partial charge in [-0.3, -0.25) is 14.8 Å². The van der Waals surface area contributed by atoms with E-state index in [2.05, 4.69) is 15.6 Å². The maximum absolute atomic E-state index is 13.7. The highest BCUT2D eigenvalue weighted by Crippen LogP contribution is 2.38. The number of alkyl halides is 3. The van der Waals surface area contributed by atoms with Crippen LogP contribution < -0.4 is 36.7 Å². The summed E-state index contributed by atoms with van der Waals surface area (Å²) in [5, 5.41) is 6.90. The molecule has 0 saturated carbocycles. The van der Waals surface area contributed by atoms with E-state index in [-0.39, 0.29) is 35.2 Å². The molecule has 0 fully saturated rings. The molecule has 0 bridgehead atoms. The largest absolute Gasteiger partial charge is 0.495 e. The molecule has 0 saturated heterocycles. The Balaban J connectivity index is 1.94. The number of hydrazine groups is 1. The van der Waals surface area contributed by atoms with E-state index in [0.29, 0.717) is 22.7 Å². The van der Waals surface area contributed by atoms with Crippen LogP contribution in [0.4, 0.5) is 24.5 Å². The number of aryl methyl sites for hydroxylation is 1. The van der Waals surface area contributed by atoms with E-state index in [0.717, 1.165) is 17.7 Å². The monoisotopic (exact) mass is 558 g/mol. The smallest absolute Gasteiger partial charge is 0.416 e. The molecule has 12 heteroatoms. The Bertz CT molecular complexity index is 1390. The number of anilines is 2. The Morgan fingerprint density at radius 3 is 2.45 bits per heavy atom. The highest BCUT2D eigenvalue weighted by atomic mass is 19.4. The van der Waals surface area contributed by atoms with E-state index < -0.39 is 17.6 Å². The number of benzene rings is 2. The molecule has 40 heavy (non-hydrogen) atoms. The lowest BCUT2D eigenvalue weighted by Crippen LogP contribution is -2.27. The second kappa shape index (κ2) is 12.7. The fourth-order valence-electron chi connectivity index (χ4n) is 3.84. The van der Waals surface area contributed by atoms with E-state index in [9.17, 15) is 18.0 Å². The molecule has 6 N–H and O–H groups in total. The van der Waals surface area contributed by atoms with Crippen LogP contribution in [-0.2, 0) is 12.7 Å². The second-order valence-corrected chi connectivity index (χ2v) is 9.31. The number of carbonyl (C=O) groups is 1. The zero-order valence-electron chi connectivity index (χ0n) is 22.9. The van der Waals surface area contributed by atoms with Crippen LogP contribution in [0.2, 0.25) is 0 Å². The number of pyridine rings is 1. The van der Waals surface area contributed by atoms with Crippen LogP contribution in [0.1, 0.15) is 46.5 Å². The maximum Gasteiger partial charge on any atom is 0.416 e. The average Bonchev–Trinajstić information content (AvgIpc) is 2.91. The van der Waals surface area contributed by atoms with Gasteiger partial charge in [-0.05, 0) is 42.8 Å². The first-order valence-corrected chi connectivity index (χ1v) is 12.3. The van der Waals surface area contributed by atoms with Gasteiger partial charge in [-0.15, -0.1) is 0 Å². The van der Waals surface area contributed by atoms with E-state index >= 15 is 0 Å². The summed E-state index contributed by atoms with van der Waals surface area (Å²) in [4.78, 5) is 17.3. The first kappa shape index (κ1) is 30.3. The molecule has 0 spiro atoms. The van der Waals surface area contributed by atoms with Crippen molar-refractivity contribution in [3.63, 3.8) is 0 Å². The Labute approximate surface area is 230 Å². The van der Waals surface area contributed by atoms with Gasteiger partial charge in [-0.25, -0.2) is 5.84 Å². The highest BCUT2D eigenvalue weighted by Gasteiger charge is 2.33. The number of nitrogens with zero attached hydrogens (tertiary/aromatic N) is 2. The topological polar surface area (TPSA) is 128 Å². The van der Waals surface area contributed by atoms with Gasteiger partial charge >= 0.3 is 6.18 Å². The molecule has 0 aliphatic carbocycles. The van der Waals surface area contributed by atoms with Crippen molar-refractivity contribution in [1.29, 1.82) is 0 Å². The number of hydrogen-bond donors (Lipinski definition) is 4. The normalized spacial score (nSPS) is 11.9. The van der Waals surface area contributed by atoms with Crippen molar-refractivity contribution < 1.29 is 27.4 Å². The molecule has 214 valence electrons. The summed E-state index contributed by atoms with van der Waals surface area (Å²) < 4.78 is 51.6. The third-order valence-corrected chi connectivity index (χ3v) is 5.96. The Morgan fingerprint density at radius 2 is 1.82 bits per heavy atom. The SMILES string of the molecule is COc1cncc(/C(N)=C/N(N)c2cc(C(=O)Nc3cc(C(F)(F)F)cc(CNC(C)C)c3OC)ccc2C)c1. The van der Waals surface area contributed by atoms with Crippen molar-refractivity contribution in [1.82, 2.24) is 10.3 Å². The number of carbonyl (C=O) groups excluding carboxylic acids is 1. The van der Waals surface area contributed by atoms with E-state index in [1.54, 1.807) is 31.3 Å². The van der Waals surface area contributed by atoms with Crippen LogP contribution in [-0.4, -0.2) is 31.2 Å². The van der Waals surface area contributed by atoms with Gasteiger partial charge in [0.1, 0.15) is 11.5 Å². The summed E-state index contributed by atoms with van der Waals surface area (Å²) in [6, 6.07) is 8.30. The van der Waals surface area contributed by atoms with Crippen molar-refractivity contribution in [2.75, 3.05) is 24.5 Å². The summed E-state index contributed by atoms with van der Waals surface area (Å²) in [6.45, 7) is 5.64. The van der Waals surface area contributed by atoms with Crippen LogP contribution in [0, 0.1) is 6.92 Å². The minimum absolute atomic E-state index is 0.0192. The van der Waals surface area contributed by atoms with Gasteiger partial charge in [0.25, 0.3) is 5.91 Å². The van der Waals surface area contributed by atoms with Crippen LogP contribution in [0.15, 0.2) is 55.0 Å². The van der Waals surface area contributed by atoms with Crippen molar-refractivity contribution in [2.45, 2.75) is 39.5 Å². The van der Waals surface area contributed by atoms with Gasteiger partial charge in [0.05, 0.1) is 43.1 Å². The zero-order chi connectivity index (χ0) is 29.6. The van der Waals surface area contributed by atoms with Crippen LogP contribution in [0.3, 0.4) is 0 Å². The Kier molecular flexibility index (Phi) is 9.61. The number of hydrogen-bond acceptors (Lipinski definition) is 8. The standard InChI is InChI=1S/C28H33F3N6O3/c1-16(2)35-13-20-8-21(28(29,30)31)11-24(26(20)40-5)36-27(38)18-7-6-17(3)25(10-18)37(33)15-23(32)19-9-22(39-4)14-34-12-19/h6-12,14-16,35H,13,32-33H2,1-5H3,(H,36,38)/b23-15-. The molecule has 3 aromatic rings.